The average Bonchev–Trinajstić information content (AvgIpc) is 2.81. The molecule has 4 saturated carbocycles. The first-order valence-corrected chi connectivity index (χ1v) is 12.5. The summed E-state index contributed by atoms with van der Waals surface area (Å²) in [6.07, 6.45) is 10.4. The Bertz CT molecular complexity index is 1160. The lowest BCUT2D eigenvalue weighted by molar-refractivity contribution is -0.122. The smallest absolute Gasteiger partial charge is 0.273 e. The van der Waals surface area contributed by atoms with Gasteiger partial charge >= 0.3 is 6.03 Å². The molecule has 5 fully saturated rings. The second-order valence-electron chi connectivity index (χ2n) is 10.8. The van der Waals surface area contributed by atoms with Gasteiger partial charge in [0.1, 0.15) is 5.57 Å². The van der Waals surface area contributed by atoms with E-state index in [1.165, 1.54) is 49.7 Å². The number of anilines is 1. The Hall–Kier alpha value is -3.21. The standard InChI is InChI=1S/C29H30N2O3/c1-2-18-3-5-19(6-4-18)14-25-26(32)30-28(34)31(27(25)33)24-9-7-23(8-10-24)29-15-20-11-21(16-29)13-22(12-20)17-29/h3-10,14,20-22H,2,11-13,15-17H2,1H3,(H,30,32,34)/b25-14+. The summed E-state index contributed by atoms with van der Waals surface area (Å²) in [5.41, 5.74) is 3.99. The molecular weight excluding hydrogens is 424 g/mol. The lowest BCUT2D eigenvalue weighted by Crippen LogP contribution is -2.54. The van der Waals surface area contributed by atoms with Gasteiger partial charge in [0.2, 0.25) is 0 Å². The van der Waals surface area contributed by atoms with Gasteiger partial charge in [-0.2, -0.15) is 0 Å². The fourth-order valence-corrected chi connectivity index (χ4v) is 7.34. The number of imide groups is 2. The molecular formula is C29H30N2O3. The first-order chi connectivity index (χ1) is 16.4. The molecule has 1 aliphatic heterocycles. The number of nitrogens with zero attached hydrogens (tertiary/aromatic N) is 1. The van der Waals surface area contributed by atoms with Gasteiger partial charge in [-0.1, -0.05) is 43.3 Å². The minimum absolute atomic E-state index is 0.0333. The molecule has 2 aromatic carbocycles. The molecule has 4 bridgehead atoms. The third-order valence-electron chi connectivity index (χ3n) is 8.58. The van der Waals surface area contributed by atoms with Crippen LogP contribution in [0.15, 0.2) is 54.1 Å². The molecule has 1 N–H and O–H groups in total. The summed E-state index contributed by atoms with van der Waals surface area (Å²) in [5, 5.41) is 2.33. The topological polar surface area (TPSA) is 66.5 Å². The summed E-state index contributed by atoms with van der Waals surface area (Å²) in [6.45, 7) is 2.07. The predicted octanol–water partition coefficient (Wildman–Crippen LogP) is 5.38. The Morgan fingerprint density at radius 1 is 0.882 bits per heavy atom. The molecule has 1 heterocycles. The number of amides is 4. The van der Waals surface area contributed by atoms with Crippen LogP contribution < -0.4 is 10.2 Å². The monoisotopic (exact) mass is 454 g/mol. The van der Waals surface area contributed by atoms with Crippen molar-refractivity contribution >= 4 is 29.6 Å². The number of rotatable bonds is 4. The molecule has 1 saturated heterocycles. The van der Waals surface area contributed by atoms with Crippen molar-refractivity contribution in [3.8, 4) is 0 Å². The fourth-order valence-electron chi connectivity index (χ4n) is 7.34. The average molecular weight is 455 g/mol. The van der Waals surface area contributed by atoms with Crippen molar-refractivity contribution in [1.82, 2.24) is 5.32 Å². The lowest BCUT2D eigenvalue weighted by atomic mass is 9.48. The van der Waals surface area contributed by atoms with E-state index in [4.69, 9.17) is 0 Å². The molecule has 7 rings (SSSR count). The van der Waals surface area contributed by atoms with Crippen LogP contribution in [-0.2, 0) is 21.4 Å². The largest absolute Gasteiger partial charge is 0.335 e. The third kappa shape index (κ3) is 3.49. The highest BCUT2D eigenvalue weighted by Gasteiger charge is 2.51. The number of aryl methyl sites for hydroxylation is 1. The van der Waals surface area contributed by atoms with Gasteiger partial charge < -0.3 is 0 Å². The zero-order chi connectivity index (χ0) is 23.4. The Kier molecular flexibility index (Phi) is 4.98. The van der Waals surface area contributed by atoms with E-state index in [1.54, 1.807) is 6.08 Å². The highest BCUT2D eigenvalue weighted by molar-refractivity contribution is 6.39. The minimum Gasteiger partial charge on any atom is -0.273 e. The fraction of sp³-hybridized carbons (Fsp3) is 0.414. The van der Waals surface area contributed by atoms with Gasteiger partial charge in [-0.25, -0.2) is 9.69 Å². The van der Waals surface area contributed by atoms with Crippen LogP contribution in [0.5, 0.6) is 0 Å². The Morgan fingerprint density at radius 3 is 2.03 bits per heavy atom. The zero-order valence-electron chi connectivity index (χ0n) is 19.5. The van der Waals surface area contributed by atoms with E-state index in [9.17, 15) is 14.4 Å². The van der Waals surface area contributed by atoms with E-state index in [0.29, 0.717) is 5.69 Å². The molecule has 5 nitrogen and oxygen atoms in total. The van der Waals surface area contributed by atoms with Crippen molar-refractivity contribution in [3.05, 3.63) is 70.8 Å². The molecule has 174 valence electrons. The van der Waals surface area contributed by atoms with E-state index in [1.807, 2.05) is 36.4 Å². The number of barbiturate groups is 1. The van der Waals surface area contributed by atoms with Gasteiger partial charge in [-0.3, -0.25) is 14.9 Å². The highest BCUT2D eigenvalue weighted by Crippen LogP contribution is 2.60. The molecule has 34 heavy (non-hydrogen) atoms. The summed E-state index contributed by atoms with van der Waals surface area (Å²) < 4.78 is 0. The number of hydrogen-bond acceptors (Lipinski definition) is 3. The summed E-state index contributed by atoms with van der Waals surface area (Å²) in [5.74, 6) is 1.31. The molecule has 0 atom stereocenters. The molecule has 0 unspecified atom stereocenters. The number of hydrogen-bond donors (Lipinski definition) is 1. The van der Waals surface area contributed by atoms with Crippen molar-refractivity contribution in [2.45, 2.75) is 57.3 Å². The van der Waals surface area contributed by atoms with E-state index in [2.05, 4.69) is 24.4 Å². The van der Waals surface area contributed by atoms with Crippen LogP contribution >= 0.6 is 0 Å². The molecule has 0 spiro atoms. The number of carbonyl (C=O) groups excluding carboxylic acids is 3. The Labute approximate surface area is 200 Å². The number of urea groups is 1. The third-order valence-corrected chi connectivity index (χ3v) is 8.58. The Morgan fingerprint density at radius 2 is 1.47 bits per heavy atom. The summed E-state index contributed by atoms with van der Waals surface area (Å²) in [6, 6.07) is 15.0. The quantitative estimate of drug-likeness (QED) is 0.498. The van der Waals surface area contributed by atoms with Gasteiger partial charge in [0, 0.05) is 0 Å². The first-order valence-electron chi connectivity index (χ1n) is 12.5. The SMILES string of the molecule is CCc1ccc(/C=C2\C(=O)NC(=O)N(c3ccc(C45CC6CC(CC(C6)C4)C5)cc3)C2=O)cc1. The maximum atomic E-state index is 13.3. The summed E-state index contributed by atoms with van der Waals surface area (Å²) in [4.78, 5) is 39.5. The number of nitrogens with one attached hydrogen (secondary N) is 1. The van der Waals surface area contributed by atoms with Crippen LogP contribution in [0.2, 0.25) is 0 Å². The van der Waals surface area contributed by atoms with Gasteiger partial charge in [-0.05, 0) is 103 Å². The van der Waals surface area contributed by atoms with Crippen LogP contribution in [-0.4, -0.2) is 17.8 Å². The van der Waals surface area contributed by atoms with E-state index in [-0.39, 0.29) is 11.0 Å². The molecule has 4 amide bonds. The second-order valence-corrected chi connectivity index (χ2v) is 10.8. The van der Waals surface area contributed by atoms with Gasteiger partial charge in [0.25, 0.3) is 11.8 Å². The van der Waals surface area contributed by atoms with Gasteiger partial charge in [0.05, 0.1) is 5.69 Å². The molecule has 0 radical (unpaired) electrons. The minimum atomic E-state index is -0.698. The van der Waals surface area contributed by atoms with Crippen LogP contribution in [0.3, 0.4) is 0 Å². The predicted molar refractivity (Wildman–Crippen MR) is 131 cm³/mol. The van der Waals surface area contributed by atoms with Crippen molar-refractivity contribution in [1.29, 1.82) is 0 Å². The van der Waals surface area contributed by atoms with Crippen molar-refractivity contribution in [2.24, 2.45) is 17.8 Å². The van der Waals surface area contributed by atoms with Crippen LogP contribution in [0.1, 0.15) is 62.1 Å². The molecule has 2 aromatic rings. The number of carbonyl (C=O) groups is 3. The molecule has 0 aromatic heterocycles. The van der Waals surface area contributed by atoms with E-state index < -0.39 is 17.8 Å². The molecule has 4 aliphatic carbocycles. The first kappa shape index (κ1) is 21.3. The maximum Gasteiger partial charge on any atom is 0.335 e. The van der Waals surface area contributed by atoms with Gasteiger partial charge in [-0.15, -0.1) is 0 Å². The van der Waals surface area contributed by atoms with E-state index >= 15 is 0 Å². The zero-order valence-corrected chi connectivity index (χ0v) is 19.5. The van der Waals surface area contributed by atoms with Crippen LogP contribution in [0, 0.1) is 17.8 Å². The normalized spacial score (nSPS) is 31.3. The highest BCUT2D eigenvalue weighted by atomic mass is 16.2. The summed E-state index contributed by atoms with van der Waals surface area (Å²) >= 11 is 0. The van der Waals surface area contributed by atoms with Gasteiger partial charge in [0.15, 0.2) is 0 Å². The van der Waals surface area contributed by atoms with Crippen molar-refractivity contribution < 1.29 is 14.4 Å². The van der Waals surface area contributed by atoms with Crippen molar-refractivity contribution in [2.75, 3.05) is 4.90 Å². The van der Waals surface area contributed by atoms with Crippen molar-refractivity contribution in [3.63, 3.8) is 0 Å². The maximum absolute atomic E-state index is 13.3. The van der Waals surface area contributed by atoms with Crippen LogP contribution in [0.4, 0.5) is 10.5 Å². The molecule has 5 heteroatoms. The van der Waals surface area contributed by atoms with Crippen LogP contribution in [0.25, 0.3) is 6.08 Å². The lowest BCUT2D eigenvalue weighted by Gasteiger charge is -2.57. The second kappa shape index (κ2) is 7.93. The molecule has 5 aliphatic rings. The number of benzene rings is 2. The summed E-state index contributed by atoms with van der Waals surface area (Å²) in [7, 11) is 0. The Balaban J connectivity index is 1.28. The van der Waals surface area contributed by atoms with E-state index in [0.717, 1.165) is 34.6 Å².